The highest BCUT2D eigenvalue weighted by Crippen LogP contribution is 2.49. The van der Waals surface area contributed by atoms with E-state index in [1.54, 1.807) is 0 Å². The normalized spacial score (nSPS) is 16.9. The number of aliphatic carboxylic acids is 1. The number of fused-ring (bicyclic) bond motifs is 1. The summed E-state index contributed by atoms with van der Waals surface area (Å²) in [6, 6.07) is 3.16. The fourth-order valence-corrected chi connectivity index (χ4v) is 5.53. The van der Waals surface area contributed by atoms with Crippen molar-refractivity contribution in [2.75, 3.05) is 45.3 Å². The molecule has 1 fully saturated rings. The van der Waals surface area contributed by atoms with E-state index in [1.807, 2.05) is 4.90 Å². The average Bonchev–Trinajstić information content (AvgIpc) is 3.65. The summed E-state index contributed by atoms with van der Waals surface area (Å²) in [5, 5.41) is 16.4. The minimum atomic E-state index is -1.10. The molecule has 0 bridgehead atoms. The molecule has 0 radical (unpaired) electrons. The molecule has 11 nitrogen and oxygen atoms in total. The number of hydrogen-bond acceptors (Lipinski definition) is 7. The number of carboxylic acids is 1. The summed E-state index contributed by atoms with van der Waals surface area (Å²) in [5.41, 5.74) is 2.06. The van der Waals surface area contributed by atoms with Crippen LogP contribution in [-0.2, 0) is 27.8 Å². The number of aromatic nitrogens is 3. The summed E-state index contributed by atoms with van der Waals surface area (Å²) in [5.74, 6) is -0.0936. The number of halogens is 2. The first-order valence-corrected chi connectivity index (χ1v) is 14.2. The number of H-pyrrole nitrogens is 1. The standard InChI is InChI=1S/C27H37ClFN7O4/c1-40-20(15-29)16-36(13-3-2-6-19-8-7-18-5-4-12-30-24(18)33-19)14-9-21(25(37)38)34-26(35-39)27(10-11-27)22-23(28)32-17-31-22/h7-8,17,20-21H,2-6,9-16H2,1H3,(H3,30,31,32,33,37,38)/p+1/t20-,21+/m1/s1. The molecule has 1 aliphatic heterocycles. The molecule has 40 heavy (non-hydrogen) atoms. The summed E-state index contributed by atoms with van der Waals surface area (Å²) in [7, 11) is 1.46. The molecule has 0 aromatic carbocycles. The van der Waals surface area contributed by atoms with Crippen molar-refractivity contribution in [3.05, 3.63) is 45.5 Å². The lowest BCUT2D eigenvalue weighted by Gasteiger charge is -2.26. The molecule has 13 heteroatoms. The maximum Gasteiger partial charge on any atom is 0.414 e. The molecule has 1 aliphatic carbocycles. The molecule has 3 heterocycles. The number of imidazole rings is 1. The van der Waals surface area contributed by atoms with Crippen LogP contribution >= 0.6 is 11.6 Å². The maximum atomic E-state index is 13.5. The number of aromatic amines is 1. The van der Waals surface area contributed by atoms with Crippen molar-refractivity contribution in [1.82, 2.24) is 30.0 Å². The average molecular weight is 579 g/mol. The number of rotatable bonds is 16. The van der Waals surface area contributed by atoms with Crippen molar-refractivity contribution in [2.24, 2.45) is 0 Å². The lowest BCUT2D eigenvalue weighted by atomic mass is 10.0. The number of nitrogens with one attached hydrogen (secondary N) is 3. The van der Waals surface area contributed by atoms with Crippen molar-refractivity contribution in [3.8, 4) is 0 Å². The third-order valence-electron chi connectivity index (χ3n) is 7.79. The minimum absolute atomic E-state index is 0.0307. The molecule has 4 rings (SSSR count). The third-order valence-corrected chi connectivity index (χ3v) is 8.07. The number of methoxy groups -OCH3 is 1. The Morgan fingerprint density at radius 3 is 2.83 bits per heavy atom. The van der Waals surface area contributed by atoms with Crippen molar-refractivity contribution in [2.45, 2.75) is 68.9 Å². The van der Waals surface area contributed by atoms with Gasteiger partial charge in [-0.3, -0.25) is 0 Å². The highest BCUT2D eigenvalue weighted by Gasteiger charge is 2.59. The number of hydrogen-bond donors (Lipinski definition) is 4. The molecule has 2 atom stereocenters. The fraction of sp³-hybridized carbons (Fsp3) is 0.630. The SMILES string of the molecule is CO[C@H](CF)CN(CCCCc1ccc2c(n1)NCCC2)CC[C@H](NC(=[N+]=O)C1(c2[nH]cnc2Cl)CC1)C(=O)O. The maximum absolute atomic E-state index is 13.5. The number of nitrogens with zero attached hydrogens (tertiary/aromatic N) is 4. The minimum Gasteiger partial charge on any atom is -0.478 e. The van der Waals surface area contributed by atoms with E-state index in [-0.39, 0.29) is 17.4 Å². The van der Waals surface area contributed by atoms with E-state index in [1.165, 1.54) is 19.0 Å². The third kappa shape index (κ3) is 7.37. The largest absolute Gasteiger partial charge is 0.478 e. The Morgan fingerprint density at radius 1 is 1.35 bits per heavy atom. The number of carboxylic acid groups (broad SMARTS) is 1. The number of aryl methyl sites for hydroxylation is 2. The van der Waals surface area contributed by atoms with E-state index in [9.17, 15) is 19.2 Å². The van der Waals surface area contributed by atoms with Crippen molar-refractivity contribution >= 4 is 29.2 Å². The van der Waals surface area contributed by atoms with Gasteiger partial charge in [-0.2, -0.15) is 0 Å². The Bertz CT molecular complexity index is 1200. The van der Waals surface area contributed by atoms with Crippen LogP contribution in [0, 0.1) is 4.91 Å². The van der Waals surface area contributed by atoms with Gasteiger partial charge in [-0.25, -0.2) is 24.5 Å². The Labute approximate surface area is 237 Å². The van der Waals surface area contributed by atoms with Crippen molar-refractivity contribution < 1.29 is 19.0 Å². The molecule has 2 aromatic rings. The smallest absolute Gasteiger partial charge is 0.414 e. The predicted molar refractivity (Wildman–Crippen MR) is 151 cm³/mol. The molecule has 2 aliphatic rings. The molecule has 1 saturated carbocycles. The highest BCUT2D eigenvalue weighted by atomic mass is 35.5. The van der Waals surface area contributed by atoms with Crippen LogP contribution in [0.15, 0.2) is 18.5 Å². The van der Waals surface area contributed by atoms with Crippen LogP contribution < -0.4 is 15.5 Å². The zero-order valence-electron chi connectivity index (χ0n) is 22.8. The summed E-state index contributed by atoms with van der Waals surface area (Å²) >= 11 is 6.17. The lowest BCUT2D eigenvalue weighted by Crippen LogP contribution is -2.48. The molecule has 2 aromatic heterocycles. The van der Waals surface area contributed by atoms with Gasteiger partial charge in [0.25, 0.3) is 0 Å². The molecule has 0 amide bonds. The van der Waals surface area contributed by atoms with Gasteiger partial charge in [-0.1, -0.05) is 17.7 Å². The second-order valence-corrected chi connectivity index (χ2v) is 10.9. The number of carbonyl (C=O) groups is 1. The monoisotopic (exact) mass is 578 g/mol. The van der Waals surface area contributed by atoms with Gasteiger partial charge in [0, 0.05) is 43.8 Å². The van der Waals surface area contributed by atoms with Crippen LogP contribution in [0.25, 0.3) is 0 Å². The molecule has 0 unspecified atom stereocenters. The van der Waals surface area contributed by atoms with E-state index in [4.69, 9.17) is 21.3 Å². The van der Waals surface area contributed by atoms with Gasteiger partial charge in [-0.05, 0) is 63.1 Å². The first-order chi connectivity index (χ1) is 19.4. The highest BCUT2D eigenvalue weighted by molar-refractivity contribution is 6.30. The zero-order chi connectivity index (χ0) is 28.5. The Balaban J connectivity index is 1.33. The van der Waals surface area contributed by atoms with Crippen LogP contribution in [-0.4, -0.2) is 88.9 Å². The molecule has 218 valence electrons. The van der Waals surface area contributed by atoms with Crippen LogP contribution in [0.2, 0.25) is 5.15 Å². The number of nitroso groups, excluding NO2 is 1. The molecular formula is C27H38ClFN7O4+. The molecule has 0 spiro atoms. The lowest BCUT2D eigenvalue weighted by molar-refractivity contribution is -0.139. The van der Waals surface area contributed by atoms with E-state index >= 15 is 0 Å². The molecular weight excluding hydrogens is 541 g/mol. The van der Waals surface area contributed by atoms with E-state index in [2.05, 4.69) is 37.6 Å². The first-order valence-electron chi connectivity index (χ1n) is 13.8. The van der Waals surface area contributed by atoms with Gasteiger partial charge in [0.2, 0.25) is 0 Å². The Kier molecular flexibility index (Phi) is 10.5. The quantitative estimate of drug-likeness (QED) is 0.102. The molecule has 0 saturated heterocycles. The van der Waals surface area contributed by atoms with Gasteiger partial charge in [0.1, 0.15) is 17.9 Å². The zero-order valence-corrected chi connectivity index (χ0v) is 23.6. The van der Waals surface area contributed by atoms with Crippen molar-refractivity contribution in [3.63, 3.8) is 0 Å². The summed E-state index contributed by atoms with van der Waals surface area (Å²) in [6.45, 7) is 1.65. The van der Waals surface area contributed by atoms with Crippen molar-refractivity contribution in [1.29, 1.82) is 0 Å². The number of anilines is 1. The second kappa shape index (κ2) is 14.0. The summed E-state index contributed by atoms with van der Waals surface area (Å²) in [4.78, 5) is 40.8. The van der Waals surface area contributed by atoms with Gasteiger partial charge < -0.3 is 25.0 Å². The summed E-state index contributed by atoms with van der Waals surface area (Å²) in [6.07, 6.45) is 6.90. The van der Waals surface area contributed by atoms with Crippen LogP contribution in [0.5, 0.6) is 0 Å². The number of alkyl halides is 1. The predicted octanol–water partition coefficient (Wildman–Crippen LogP) is 2.82. The number of amidine groups is 1. The summed E-state index contributed by atoms with van der Waals surface area (Å²) < 4.78 is 18.7. The van der Waals surface area contributed by atoms with Crippen LogP contribution in [0.3, 0.4) is 0 Å². The Morgan fingerprint density at radius 2 is 2.17 bits per heavy atom. The molecule has 4 N–H and O–H groups in total. The Hall–Kier alpha value is -3.05. The van der Waals surface area contributed by atoms with E-state index in [0.29, 0.717) is 38.2 Å². The first kappa shape index (κ1) is 29.9. The fourth-order valence-electron chi connectivity index (χ4n) is 5.25. The van der Waals surface area contributed by atoms with Crippen LogP contribution in [0.1, 0.15) is 55.5 Å². The number of ether oxygens (including phenoxy) is 1. The van der Waals surface area contributed by atoms with Gasteiger partial charge in [0.15, 0.2) is 11.2 Å². The number of pyridine rings is 1. The topological polar surface area (TPSA) is 147 Å². The van der Waals surface area contributed by atoms with Gasteiger partial charge >= 0.3 is 11.8 Å². The van der Waals surface area contributed by atoms with Gasteiger partial charge in [-0.15, -0.1) is 0 Å². The van der Waals surface area contributed by atoms with E-state index in [0.717, 1.165) is 50.2 Å². The van der Waals surface area contributed by atoms with E-state index < -0.39 is 30.2 Å². The van der Waals surface area contributed by atoms with Gasteiger partial charge in [0.05, 0.1) is 23.0 Å². The van der Waals surface area contributed by atoms with Crippen LogP contribution in [0.4, 0.5) is 10.2 Å². The number of unbranched alkanes of at least 4 members (excludes halogenated alkanes) is 1. The second-order valence-electron chi connectivity index (χ2n) is 10.5.